The van der Waals surface area contributed by atoms with Crippen LogP contribution in [0.3, 0.4) is 0 Å². The average Bonchev–Trinajstić information content (AvgIpc) is 2.30. The predicted molar refractivity (Wildman–Crippen MR) is 76.6 cm³/mol. The summed E-state index contributed by atoms with van der Waals surface area (Å²) >= 11 is 0. The molecule has 1 aromatic rings. The van der Waals surface area contributed by atoms with Gasteiger partial charge in [-0.05, 0) is 43.4 Å². The third-order valence-electron chi connectivity index (χ3n) is 2.96. The molecule has 0 aliphatic rings. The van der Waals surface area contributed by atoms with Gasteiger partial charge in [0.2, 0.25) is 0 Å². The van der Waals surface area contributed by atoms with Gasteiger partial charge in [0.1, 0.15) is 5.75 Å². The second kappa shape index (κ2) is 6.09. The van der Waals surface area contributed by atoms with E-state index in [2.05, 4.69) is 26.8 Å². The molecule has 1 unspecified atom stereocenters. The maximum Gasteiger partial charge on any atom is 0.347 e. The summed E-state index contributed by atoms with van der Waals surface area (Å²) in [5, 5.41) is 0. The number of carbonyl (C=O) groups excluding carboxylic acids is 1. The molecule has 0 aliphatic carbocycles. The maximum absolute atomic E-state index is 11.5. The van der Waals surface area contributed by atoms with Crippen molar-refractivity contribution in [1.29, 1.82) is 0 Å². The summed E-state index contributed by atoms with van der Waals surface area (Å²) in [6.45, 7) is 12.4. The fourth-order valence-corrected chi connectivity index (χ4v) is 1.75. The highest BCUT2D eigenvalue weighted by Gasteiger charge is 2.18. The van der Waals surface area contributed by atoms with E-state index in [1.54, 1.807) is 13.8 Å². The van der Waals surface area contributed by atoms with E-state index >= 15 is 0 Å². The van der Waals surface area contributed by atoms with Crippen LogP contribution in [0.15, 0.2) is 18.2 Å². The standard InChI is InChI=1S/C16H24O3/c1-7-18-15(17)12(3)19-14-9-8-13(10-11(14)2)16(4,5)6/h8-10,12H,7H2,1-6H3. The Labute approximate surface area is 115 Å². The normalized spacial score (nSPS) is 12.9. The predicted octanol–water partition coefficient (Wildman–Crippen LogP) is 3.62. The van der Waals surface area contributed by atoms with Gasteiger partial charge in [0.05, 0.1) is 6.61 Å². The minimum Gasteiger partial charge on any atom is -0.479 e. The minimum absolute atomic E-state index is 0.107. The van der Waals surface area contributed by atoms with Crippen LogP contribution < -0.4 is 4.74 Å². The van der Waals surface area contributed by atoms with Crippen LogP contribution in [0.5, 0.6) is 5.75 Å². The number of benzene rings is 1. The number of aryl methyl sites for hydroxylation is 1. The van der Waals surface area contributed by atoms with Gasteiger partial charge in [0, 0.05) is 0 Å². The van der Waals surface area contributed by atoms with Gasteiger partial charge in [0.15, 0.2) is 6.10 Å². The molecule has 1 atom stereocenters. The van der Waals surface area contributed by atoms with Crippen molar-refractivity contribution in [3.05, 3.63) is 29.3 Å². The van der Waals surface area contributed by atoms with E-state index in [9.17, 15) is 4.79 Å². The Kier molecular flexibility index (Phi) is 4.98. The van der Waals surface area contributed by atoms with Crippen molar-refractivity contribution in [3.8, 4) is 5.75 Å². The van der Waals surface area contributed by atoms with Crippen molar-refractivity contribution in [2.45, 2.75) is 53.1 Å². The first-order chi connectivity index (χ1) is 8.75. The van der Waals surface area contributed by atoms with E-state index in [0.29, 0.717) is 6.61 Å². The maximum atomic E-state index is 11.5. The van der Waals surface area contributed by atoms with Crippen LogP contribution in [-0.2, 0) is 14.9 Å². The second-order valence-corrected chi connectivity index (χ2v) is 5.74. The molecule has 0 spiro atoms. The minimum atomic E-state index is -0.584. The van der Waals surface area contributed by atoms with Gasteiger partial charge in [0.25, 0.3) is 0 Å². The highest BCUT2D eigenvalue weighted by molar-refractivity contribution is 5.74. The molecule has 1 rings (SSSR count). The molecule has 0 amide bonds. The molecule has 0 saturated heterocycles. The van der Waals surface area contributed by atoms with Crippen molar-refractivity contribution < 1.29 is 14.3 Å². The lowest BCUT2D eigenvalue weighted by Crippen LogP contribution is -2.26. The zero-order valence-electron chi connectivity index (χ0n) is 12.7. The van der Waals surface area contributed by atoms with Crippen LogP contribution in [0.4, 0.5) is 0 Å². The van der Waals surface area contributed by atoms with Gasteiger partial charge >= 0.3 is 5.97 Å². The highest BCUT2D eigenvalue weighted by Crippen LogP contribution is 2.28. The summed E-state index contributed by atoms with van der Waals surface area (Å²) in [5.74, 6) is 0.398. The molecular weight excluding hydrogens is 240 g/mol. The van der Waals surface area contributed by atoms with Gasteiger partial charge in [-0.3, -0.25) is 0 Å². The van der Waals surface area contributed by atoms with Crippen LogP contribution in [0.2, 0.25) is 0 Å². The number of esters is 1. The van der Waals surface area contributed by atoms with Crippen molar-refractivity contribution in [1.82, 2.24) is 0 Å². The Morgan fingerprint density at radius 3 is 2.42 bits per heavy atom. The molecule has 0 aromatic heterocycles. The quantitative estimate of drug-likeness (QED) is 0.779. The van der Waals surface area contributed by atoms with Crippen LogP contribution in [0.1, 0.15) is 45.7 Å². The second-order valence-electron chi connectivity index (χ2n) is 5.74. The third-order valence-corrected chi connectivity index (χ3v) is 2.96. The van der Waals surface area contributed by atoms with E-state index in [-0.39, 0.29) is 11.4 Å². The molecule has 0 radical (unpaired) electrons. The molecule has 0 N–H and O–H groups in total. The zero-order valence-corrected chi connectivity index (χ0v) is 12.7. The first-order valence-electron chi connectivity index (χ1n) is 6.70. The summed E-state index contributed by atoms with van der Waals surface area (Å²) in [5.41, 5.74) is 2.39. The molecule has 0 aliphatic heterocycles. The summed E-state index contributed by atoms with van der Waals surface area (Å²) in [7, 11) is 0. The molecule has 19 heavy (non-hydrogen) atoms. The van der Waals surface area contributed by atoms with Crippen LogP contribution in [-0.4, -0.2) is 18.7 Å². The molecule has 106 valence electrons. The van der Waals surface area contributed by atoms with E-state index in [0.717, 1.165) is 11.3 Å². The Morgan fingerprint density at radius 2 is 1.95 bits per heavy atom. The number of ether oxygens (including phenoxy) is 2. The van der Waals surface area contributed by atoms with Gasteiger partial charge in [-0.25, -0.2) is 4.79 Å². The fraction of sp³-hybridized carbons (Fsp3) is 0.562. The molecule has 3 heteroatoms. The summed E-state index contributed by atoms with van der Waals surface area (Å²) in [6, 6.07) is 6.07. The molecule has 1 aromatic carbocycles. The van der Waals surface area contributed by atoms with Crippen molar-refractivity contribution in [3.63, 3.8) is 0 Å². The van der Waals surface area contributed by atoms with Crippen LogP contribution in [0.25, 0.3) is 0 Å². The van der Waals surface area contributed by atoms with Crippen LogP contribution in [0, 0.1) is 6.92 Å². The van der Waals surface area contributed by atoms with E-state index in [4.69, 9.17) is 9.47 Å². The molecule has 0 fully saturated rings. The lowest BCUT2D eigenvalue weighted by molar-refractivity contribution is -0.150. The topological polar surface area (TPSA) is 35.5 Å². The van der Waals surface area contributed by atoms with Gasteiger partial charge in [-0.15, -0.1) is 0 Å². The number of hydrogen-bond donors (Lipinski definition) is 0. The molecular formula is C16H24O3. The lowest BCUT2D eigenvalue weighted by atomic mass is 9.86. The Bertz CT molecular complexity index is 444. The number of hydrogen-bond acceptors (Lipinski definition) is 3. The Morgan fingerprint density at radius 1 is 1.32 bits per heavy atom. The smallest absolute Gasteiger partial charge is 0.347 e. The Hall–Kier alpha value is -1.51. The van der Waals surface area contributed by atoms with Crippen LogP contribution >= 0.6 is 0 Å². The van der Waals surface area contributed by atoms with Crippen molar-refractivity contribution in [2.75, 3.05) is 6.61 Å². The van der Waals surface area contributed by atoms with E-state index < -0.39 is 6.10 Å². The molecule has 3 nitrogen and oxygen atoms in total. The average molecular weight is 264 g/mol. The summed E-state index contributed by atoms with van der Waals surface area (Å²) in [4.78, 5) is 11.5. The molecule has 0 saturated carbocycles. The largest absolute Gasteiger partial charge is 0.479 e. The number of rotatable bonds is 4. The third kappa shape index (κ3) is 4.27. The SMILES string of the molecule is CCOC(=O)C(C)Oc1ccc(C(C)(C)C)cc1C. The first-order valence-corrected chi connectivity index (χ1v) is 6.70. The van der Waals surface area contributed by atoms with Crippen molar-refractivity contribution >= 4 is 5.97 Å². The van der Waals surface area contributed by atoms with Gasteiger partial charge in [-0.1, -0.05) is 32.9 Å². The monoisotopic (exact) mass is 264 g/mol. The Balaban J connectivity index is 2.83. The van der Waals surface area contributed by atoms with E-state index in [1.807, 2.05) is 19.1 Å². The van der Waals surface area contributed by atoms with Gasteiger partial charge in [-0.2, -0.15) is 0 Å². The first kappa shape index (κ1) is 15.5. The number of carbonyl (C=O) groups is 1. The molecule has 0 bridgehead atoms. The summed E-state index contributed by atoms with van der Waals surface area (Å²) in [6.07, 6.45) is -0.584. The van der Waals surface area contributed by atoms with Gasteiger partial charge < -0.3 is 9.47 Å². The highest BCUT2D eigenvalue weighted by atomic mass is 16.6. The zero-order chi connectivity index (χ0) is 14.6. The lowest BCUT2D eigenvalue weighted by Gasteiger charge is -2.21. The fourth-order valence-electron chi connectivity index (χ4n) is 1.75. The van der Waals surface area contributed by atoms with Crippen molar-refractivity contribution in [2.24, 2.45) is 0 Å². The molecule has 0 heterocycles. The van der Waals surface area contributed by atoms with E-state index in [1.165, 1.54) is 5.56 Å². The summed E-state index contributed by atoms with van der Waals surface area (Å²) < 4.78 is 10.6.